The molecule has 0 amide bonds. The first-order valence-corrected chi connectivity index (χ1v) is 6.36. The fourth-order valence-electron chi connectivity index (χ4n) is 1.59. The maximum absolute atomic E-state index is 3.46. The molecule has 0 saturated carbocycles. The van der Waals surface area contributed by atoms with Crippen molar-refractivity contribution in [3.05, 3.63) is 42.0 Å². The van der Waals surface area contributed by atoms with E-state index in [2.05, 4.69) is 48.7 Å². The summed E-state index contributed by atoms with van der Waals surface area (Å²) >= 11 is 0. The summed E-state index contributed by atoms with van der Waals surface area (Å²) in [6.07, 6.45) is 9.48. The van der Waals surface area contributed by atoms with Crippen molar-refractivity contribution in [2.75, 3.05) is 13.1 Å². The maximum atomic E-state index is 3.46. The summed E-state index contributed by atoms with van der Waals surface area (Å²) in [5, 5.41) is 3.46. The van der Waals surface area contributed by atoms with Crippen LogP contribution in [-0.2, 0) is 0 Å². The summed E-state index contributed by atoms with van der Waals surface area (Å²) in [7, 11) is 0. The molecule has 0 aliphatic heterocycles. The molecule has 0 aliphatic carbocycles. The summed E-state index contributed by atoms with van der Waals surface area (Å²) in [6, 6.07) is 10.5. The SMILES string of the molecule is CCCCCNCCC=Cc1ccccc1. The van der Waals surface area contributed by atoms with Gasteiger partial charge in [0.2, 0.25) is 0 Å². The number of hydrogen-bond donors (Lipinski definition) is 1. The molecule has 0 aromatic heterocycles. The lowest BCUT2D eigenvalue weighted by molar-refractivity contribution is 0.621. The standard InChI is InChI=1S/C15H23N/c1-2-3-8-13-16-14-9-7-12-15-10-5-4-6-11-15/h4-7,10-12,16H,2-3,8-9,13-14H2,1H3. The molecular formula is C15H23N. The minimum Gasteiger partial charge on any atom is -0.316 e. The normalized spacial score (nSPS) is 11.1. The number of nitrogens with one attached hydrogen (secondary N) is 1. The second kappa shape index (κ2) is 9.17. The third-order valence-corrected chi connectivity index (χ3v) is 2.55. The van der Waals surface area contributed by atoms with Gasteiger partial charge in [-0.25, -0.2) is 0 Å². The number of rotatable bonds is 8. The van der Waals surface area contributed by atoms with Gasteiger partial charge in [-0.3, -0.25) is 0 Å². The van der Waals surface area contributed by atoms with E-state index in [0.29, 0.717) is 0 Å². The van der Waals surface area contributed by atoms with Crippen molar-refractivity contribution < 1.29 is 0 Å². The highest BCUT2D eigenvalue weighted by Gasteiger charge is 1.86. The molecule has 16 heavy (non-hydrogen) atoms. The van der Waals surface area contributed by atoms with Crippen LogP contribution in [0.25, 0.3) is 6.08 Å². The summed E-state index contributed by atoms with van der Waals surface area (Å²) in [4.78, 5) is 0. The first kappa shape index (κ1) is 13.0. The predicted molar refractivity (Wildman–Crippen MR) is 72.5 cm³/mol. The zero-order valence-corrected chi connectivity index (χ0v) is 10.3. The van der Waals surface area contributed by atoms with Crippen LogP contribution in [0, 0.1) is 0 Å². The Hall–Kier alpha value is -1.08. The van der Waals surface area contributed by atoms with Gasteiger partial charge in [0.15, 0.2) is 0 Å². The van der Waals surface area contributed by atoms with Gasteiger partial charge in [0.05, 0.1) is 0 Å². The highest BCUT2D eigenvalue weighted by Crippen LogP contribution is 2.01. The van der Waals surface area contributed by atoms with Crippen LogP contribution in [0.2, 0.25) is 0 Å². The molecule has 1 heteroatoms. The number of benzene rings is 1. The summed E-state index contributed by atoms with van der Waals surface area (Å²) in [6.45, 7) is 4.49. The summed E-state index contributed by atoms with van der Waals surface area (Å²) in [5.41, 5.74) is 1.29. The second-order valence-corrected chi connectivity index (χ2v) is 4.06. The van der Waals surface area contributed by atoms with Crippen molar-refractivity contribution >= 4 is 6.08 Å². The van der Waals surface area contributed by atoms with Crippen LogP contribution in [0.15, 0.2) is 36.4 Å². The molecule has 1 aromatic rings. The molecule has 0 fully saturated rings. The molecule has 0 heterocycles. The molecule has 0 aliphatic rings. The molecule has 0 bridgehead atoms. The van der Waals surface area contributed by atoms with Gasteiger partial charge in [0.1, 0.15) is 0 Å². The minimum absolute atomic E-state index is 1.09. The Balaban J connectivity index is 2.01. The van der Waals surface area contributed by atoms with E-state index in [0.717, 1.165) is 19.5 Å². The first-order valence-electron chi connectivity index (χ1n) is 6.36. The molecule has 1 N–H and O–H groups in total. The lowest BCUT2D eigenvalue weighted by Crippen LogP contribution is -2.15. The molecule has 0 unspecified atom stereocenters. The van der Waals surface area contributed by atoms with Crippen LogP contribution in [0.4, 0.5) is 0 Å². The first-order chi connectivity index (χ1) is 7.93. The molecule has 0 atom stereocenters. The Labute approximate surface area is 99.6 Å². The quantitative estimate of drug-likeness (QED) is 0.652. The summed E-state index contributed by atoms with van der Waals surface area (Å²) < 4.78 is 0. The zero-order valence-electron chi connectivity index (χ0n) is 10.3. The van der Waals surface area contributed by atoms with Crippen LogP contribution in [0.5, 0.6) is 0 Å². The van der Waals surface area contributed by atoms with E-state index < -0.39 is 0 Å². The van der Waals surface area contributed by atoms with Gasteiger partial charge in [-0.15, -0.1) is 0 Å². The molecule has 88 valence electrons. The predicted octanol–water partition coefficient (Wildman–Crippen LogP) is 3.87. The van der Waals surface area contributed by atoms with Crippen LogP contribution >= 0.6 is 0 Å². The average Bonchev–Trinajstić information content (AvgIpc) is 2.34. The lowest BCUT2D eigenvalue weighted by Gasteiger charge is -2.01. The maximum Gasteiger partial charge on any atom is -0.00142 e. The molecular weight excluding hydrogens is 194 g/mol. The second-order valence-electron chi connectivity index (χ2n) is 4.06. The Kier molecular flexibility index (Phi) is 7.44. The van der Waals surface area contributed by atoms with Crippen molar-refractivity contribution in [2.24, 2.45) is 0 Å². The van der Waals surface area contributed by atoms with Gasteiger partial charge in [-0.1, -0.05) is 62.2 Å². The third-order valence-electron chi connectivity index (χ3n) is 2.55. The monoisotopic (exact) mass is 217 g/mol. The van der Waals surface area contributed by atoms with Gasteiger partial charge in [0.25, 0.3) is 0 Å². The van der Waals surface area contributed by atoms with Crippen LogP contribution in [0.1, 0.15) is 38.2 Å². The summed E-state index contributed by atoms with van der Waals surface area (Å²) in [5.74, 6) is 0. The molecule has 0 spiro atoms. The third kappa shape index (κ3) is 6.41. The van der Waals surface area contributed by atoms with Crippen molar-refractivity contribution in [3.63, 3.8) is 0 Å². The van der Waals surface area contributed by atoms with Crippen molar-refractivity contribution in [3.8, 4) is 0 Å². The number of unbranched alkanes of at least 4 members (excludes halogenated alkanes) is 2. The van der Waals surface area contributed by atoms with Crippen LogP contribution in [0.3, 0.4) is 0 Å². The smallest absolute Gasteiger partial charge is 0.00142 e. The topological polar surface area (TPSA) is 12.0 Å². The van der Waals surface area contributed by atoms with Gasteiger partial charge in [-0.2, -0.15) is 0 Å². The Bertz CT molecular complexity index is 277. The zero-order chi connectivity index (χ0) is 11.5. The Morgan fingerprint density at radius 1 is 1.06 bits per heavy atom. The number of hydrogen-bond acceptors (Lipinski definition) is 1. The van der Waals surface area contributed by atoms with E-state index in [9.17, 15) is 0 Å². The van der Waals surface area contributed by atoms with E-state index in [-0.39, 0.29) is 0 Å². The molecule has 1 nitrogen and oxygen atoms in total. The van der Waals surface area contributed by atoms with Crippen molar-refractivity contribution in [2.45, 2.75) is 32.6 Å². The van der Waals surface area contributed by atoms with E-state index in [1.165, 1.54) is 24.8 Å². The fourth-order valence-corrected chi connectivity index (χ4v) is 1.59. The van der Waals surface area contributed by atoms with E-state index >= 15 is 0 Å². The van der Waals surface area contributed by atoms with E-state index in [1.807, 2.05) is 6.07 Å². The van der Waals surface area contributed by atoms with Gasteiger partial charge >= 0.3 is 0 Å². The van der Waals surface area contributed by atoms with Crippen molar-refractivity contribution in [1.82, 2.24) is 5.32 Å². The minimum atomic E-state index is 1.09. The largest absolute Gasteiger partial charge is 0.316 e. The highest BCUT2D eigenvalue weighted by atomic mass is 14.8. The molecule has 1 aromatic carbocycles. The van der Waals surface area contributed by atoms with Crippen LogP contribution in [-0.4, -0.2) is 13.1 Å². The molecule has 0 radical (unpaired) electrons. The highest BCUT2D eigenvalue weighted by molar-refractivity contribution is 5.48. The van der Waals surface area contributed by atoms with Gasteiger partial charge in [-0.05, 0) is 31.5 Å². The van der Waals surface area contributed by atoms with Crippen LogP contribution < -0.4 is 5.32 Å². The van der Waals surface area contributed by atoms with Gasteiger partial charge < -0.3 is 5.32 Å². The lowest BCUT2D eigenvalue weighted by atomic mass is 10.2. The molecule has 1 rings (SSSR count). The Morgan fingerprint density at radius 2 is 1.88 bits per heavy atom. The Morgan fingerprint density at radius 3 is 2.62 bits per heavy atom. The van der Waals surface area contributed by atoms with E-state index in [4.69, 9.17) is 0 Å². The average molecular weight is 217 g/mol. The van der Waals surface area contributed by atoms with Crippen molar-refractivity contribution in [1.29, 1.82) is 0 Å². The fraction of sp³-hybridized carbons (Fsp3) is 0.467. The van der Waals surface area contributed by atoms with E-state index in [1.54, 1.807) is 0 Å². The van der Waals surface area contributed by atoms with Gasteiger partial charge in [0, 0.05) is 0 Å². The molecule has 0 saturated heterocycles.